The number of rotatable bonds is 6. The van der Waals surface area contributed by atoms with E-state index in [4.69, 9.17) is 0 Å². The van der Waals surface area contributed by atoms with Crippen LogP contribution in [0.3, 0.4) is 0 Å². The summed E-state index contributed by atoms with van der Waals surface area (Å²) < 4.78 is 24.8. The lowest BCUT2D eigenvalue weighted by molar-refractivity contribution is 0.477. The Kier molecular flexibility index (Phi) is 7.68. The Balaban J connectivity index is 2.66. The molecule has 0 saturated carbocycles. The van der Waals surface area contributed by atoms with Crippen molar-refractivity contribution in [2.45, 2.75) is 39.0 Å². The molecule has 0 spiro atoms. The van der Waals surface area contributed by atoms with Crippen LogP contribution in [0.1, 0.15) is 33.3 Å². The summed E-state index contributed by atoms with van der Waals surface area (Å²) in [5, 5.41) is 3.23. The standard InChI is InChI=1S/C17H28FN3OS/c1-6-19-16(20-11-12-23(22)17(2,3)4)21(5)13-14-7-9-15(18)10-8-14/h7-10H,6,11-13H2,1-5H3,(H,19,20). The summed E-state index contributed by atoms with van der Waals surface area (Å²) >= 11 is 0. The zero-order valence-electron chi connectivity index (χ0n) is 14.7. The van der Waals surface area contributed by atoms with Crippen LogP contribution in [0.2, 0.25) is 0 Å². The molecule has 1 rings (SSSR count). The number of halogens is 1. The summed E-state index contributed by atoms with van der Waals surface area (Å²) in [6.45, 7) is 9.83. The van der Waals surface area contributed by atoms with Crippen LogP contribution >= 0.6 is 0 Å². The molecule has 4 nitrogen and oxygen atoms in total. The van der Waals surface area contributed by atoms with Gasteiger partial charge in [-0.15, -0.1) is 0 Å². The van der Waals surface area contributed by atoms with Crippen LogP contribution in [-0.2, 0) is 17.3 Å². The van der Waals surface area contributed by atoms with Crippen LogP contribution in [0.15, 0.2) is 29.3 Å². The largest absolute Gasteiger partial charge is 0.357 e. The Morgan fingerprint density at radius 3 is 2.43 bits per heavy atom. The lowest BCUT2D eigenvalue weighted by Gasteiger charge is -2.22. The Bertz CT molecular complexity index is 538. The minimum Gasteiger partial charge on any atom is -0.357 e. The quantitative estimate of drug-likeness (QED) is 0.639. The van der Waals surface area contributed by atoms with Gasteiger partial charge in [-0.25, -0.2) is 4.39 Å². The Morgan fingerprint density at radius 1 is 1.30 bits per heavy atom. The van der Waals surface area contributed by atoms with Gasteiger partial charge in [-0.2, -0.15) is 0 Å². The molecule has 1 unspecified atom stereocenters. The highest BCUT2D eigenvalue weighted by molar-refractivity contribution is 7.86. The smallest absolute Gasteiger partial charge is 0.193 e. The van der Waals surface area contributed by atoms with E-state index in [0.29, 0.717) is 18.8 Å². The highest BCUT2D eigenvalue weighted by Crippen LogP contribution is 2.11. The molecule has 0 aliphatic carbocycles. The van der Waals surface area contributed by atoms with E-state index in [9.17, 15) is 8.60 Å². The first kappa shape index (κ1) is 19.6. The third kappa shape index (κ3) is 7.12. The molecule has 0 fully saturated rings. The van der Waals surface area contributed by atoms with Crippen LogP contribution in [0.5, 0.6) is 0 Å². The molecule has 0 radical (unpaired) electrons. The highest BCUT2D eigenvalue weighted by Gasteiger charge is 2.18. The zero-order chi connectivity index (χ0) is 17.5. The number of benzene rings is 1. The molecule has 0 heterocycles. The predicted molar refractivity (Wildman–Crippen MR) is 96.6 cm³/mol. The summed E-state index contributed by atoms with van der Waals surface area (Å²) in [5.41, 5.74) is 1.01. The van der Waals surface area contributed by atoms with Gasteiger partial charge in [-0.3, -0.25) is 9.20 Å². The van der Waals surface area contributed by atoms with Crippen LogP contribution < -0.4 is 5.32 Å². The number of hydrogen-bond donors (Lipinski definition) is 1. The second-order valence-electron chi connectivity index (χ2n) is 6.38. The molecule has 0 aliphatic rings. The maximum atomic E-state index is 13.0. The van der Waals surface area contributed by atoms with Crippen molar-refractivity contribution in [3.05, 3.63) is 35.6 Å². The first-order chi connectivity index (χ1) is 10.7. The van der Waals surface area contributed by atoms with Crippen molar-refractivity contribution in [1.29, 1.82) is 0 Å². The molecule has 1 aromatic carbocycles. The van der Waals surface area contributed by atoms with E-state index in [1.165, 1.54) is 12.1 Å². The van der Waals surface area contributed by atoms with Crippen LogP contribution in [0.4, 0.5) is 4.39 Å². The fourth-order valence-electron chi connectivity index (χ4n) is 1.95. The normalized spacial score (nSPS) is 13.7. The summed E-state index contributed by atoms with van der Waals surface area (Å²) in [4.78, 5) is 6.53. The van der Waals surface area contributed by atoms with Gasteiger partial charge < -0.3 is 10.2 Å². The maximum Gasteiger partial charge on any atom is 0.193 e. The molecule has 1 atom stereocenters. The molecule has 1 aromatic rings. The molecule has 130 valence electrons. The number of guanidine groups is 1. The van der Waals surface area contributed by atoms with Gasteiger partial charge in [-0.05, 0) is 45.4 Å². The number of aliphatic imine (C=N–C) groups is 1. The second kappa shape index (κ2) is 9.01. The Hall–Kier alpha value is -1.43. The number of nitrogens with zero attached hydrogens (tertiary/aromatic N) is 2. The molecule has 1 N–H and O–H groups in total. The molecule has 23 heavy (non-hydrogen) atoms. The molecule has 0 amide bonds. The van der Waals surface area contributed by atoms with Crippen molar-refractivity contribution >= 4 is 16.8 Å². The summed E-state index contributed by atoms with van der Waals surface area (Å²) in [7, 11) is 1.03. The van der Waals surface area contributed by atoms with Gasteiger partial charge in [0, 0.05) is 41.4 Å². The molecular weight excluding hydrogens is 313 g/mol. The van der Waals surface area contributed by atoms with Crippen LogP contribution in [0.25, 0.3) is 0 Å². The van der Waals surface area contributed by atoms with Crippen LogP contribution in [-0.4, -0.2) is 45.7 Å². The van der Waals surface area contributed by atoms with E-state index in [0.717, 1.165) is 18.1 Å². The average molecular weight is 341 g/mol. The van der Waals surface area contributed by atoms with Gasteiger partial charge in [0.15, 0.2) is 5.96 Å². The molecule has 0 saturated heterocycles. The molecule has 0 bridgehead atoms. The maximum absolute atomic E-state index is 13.0. The van der Waals surface area contributed by atoms with Crippen LogP contribution in [0, 0.1) is 5.82 Å². The zero-order valence-corrected chi connectivity index (χ0v) is 15.5. The fourth-order valence-corrected chi connectivity index (χ4v) is 2.82. The monoisotopic (exact) mass is 341 g/mol. The van der Waals surface area contributed by atoms with Crippen molar-refractivity contribution in [2.24, 2.45) is 4.99 Å². The topological polar surface area (TPSA) is 44.7 Å². The van der Waals surface area contributed by atoms with E-state index in [1.54, 1.807) is 12.1 Å². The lowest BCUT2D eigenvalue weighted by Crippen LogP contribution is -2.39. The predicted octanol–water partition coefficient (Wildman–Crippen LogP) is 2.77. The summed E-state index contributed by atoms with van der Waals surface area (Å²) in [6, 6.07) is 6.45. The van der Waals surface area contributed by atoms with E-state index in [1.807, 2.05) is 39.6 Å². The van der Waals surface area contributed by atoms with Crippen molar-refractivity contribution in [3.63, 3.8) is 0 Å². The Morgan fingerprint density at radius 2 is 1.91 bits per heavy atom. The van der Waals surface area contributed by atoms with Crippen molar-refractivity contribution < 1.29 is 8.60 Å². The van der Waals surface area contributed by atoms with Gasteiger partial charge in [-0.1, -0.05) is 12.1 Å². The third-order valence-electron chi connectivity index (χ3n) is 3.25. The van der Waals surface area contributed by atoms with E-state index >= 15 is 0 Å². The van der Waals surface area contributed by atoms with Crippen molar-refractivity contribution in [3.8, 4) is 0 Å². The van der Waals surface area contributed by atoms with Gasteiger partial charge in [0.2, 0.25) is 0 Å². The molecule has 0 aromatic heterocycles. The first-order valence-electron chi connectivity index (χ1n) is 7.86. The van der Waals surface area contributed by atoms with Gasteiger partial charge in [0.1, 0.15) is 5.82 Å². The minimum absolute atomic E-state index is 0.214. The number of nitrogens with one attached hydrogen (secondary N) is 1. The molecule has 0 aliphatic heterocycles. The van der Waals surface area contributed by atoms with Gasteiger partial charge in [0.05, 0.1) is 6.54 Å². The second-order valence-corrected chi connectivity index (χ2v) is 8.70. The summed E-state index contributed by atoms with van der Waals surface area (Å²) in [5.74, 6) is 1.08. The van der Waals surface area contributed by atoms with Crippen molar-refractivity contribution in [1.82, 2.24) is 10.2 Å². The van der Waals surface area contributed by atoms with Gasteiger partial charge in [0.25, 0.3) is 0 Å². The van der Waals surface area contributed by atoms with Gasteiger partial charge >= 0.3 is 0 Å². The lowest BCUT2D eigenvalue weighted by atomic mass is 10.2. The van der Waals surface area contributed by atoms with E-state index in [2.05, 4.69) is 10.3 Å². The summed E-state index contributed by atoms with van der Waals surface area (Å²) in [6.07, 6.45) is 0. The fraction of sp³-hybridized carbons (Fsp3) is 0.588. The molecule has 6 heteroatoms. The SMILES string of the molecule is CCNC(=NCCS(=O)C(C)(C)C)N(C)Cc1ccc(F)cc1. The number of hydrogen-bond acceptors (Lipinski definition) is 2. The third-order valence-corrected chi connectivity index (χ3v) is 5.17. The minimum atomic E-state index is -0.907. The average Bonchev–Trinajstić information content (AvgIpc) is 2.47. The highest BCUT2D eigenvalue weighted by atomic mass is 32.2. The van der Waals surface area contributed by atoms with E-state index in [-0.39, 0.29) is 10.6 Å². The van der Waals surface area contributed by atoms with E-state index < -0.39 is 10.8 Å². The van der Waals surface area contributed by atoms with Crippen molar-refractivity contribution in [2.75, 3.05) is 25.9 Å². The first-order valence-corrected chi connectivity index (χ1v) is 9.18. The Labute approximate surface area is 141 Å². The molecular formula is C17H28FN3OS.